The zero-order valence-electron chi connectivity index (χ0n) is 19.2. The second kappa shape index (κ2) is 10.4. The summed E-state index contributed by atoms with van der Waals surface area (Å²) in [4.78, 5) is 16.8. The van der Waals surface area contributed by atoms with Crippen LogP contribution in [0.2, 0.25) is 0 Å². The molecule has 0 aliphatic heterocycles. The number of nitrogens with one attached hydrogen (secondary N) is 1. The van der Waals surface area contributed by atoms with Crippen molar-refractivity contribution in [1.82, 2.24) is 14.3 Å². The Bertz CT molecular complexity index is 1370. The van der Waals surface area contributed by atoms with E-state index < -0.39 is 16.2 Å². The maximum atomic E-state index is 12.4. The summed E-state index contributed by atoms with van der Waals surface area (Å²) in [6, 6.07) is 13.9. The number of nitriles is 1. The van der Waals surface area contributed by atoms with Gasteiger partial charge in [-0.3, -0.25) is 4.57 Å². The Morgan fingerprint density at radius 2 is 1.94 bits per heavy atom. The minimum atomic E-state index is -3.96. The van der Waals surface area contributed by atoms with E-state index in [0.717, 1.165) is 24.2 Å². The van der Waals surface area contributed by atoms with Crippen molar-refractivity contribution in [2.45, 2.75) is 42.1 Å². The summed E-state index contributed by atoms with van der Waals surface area (Å²) in [6.45, 7) is 2.34. The quantitative estimate of drug-likeness (QED) is 0.192. The first kappa shape index (κ1) is 24.6. The molecule has 0 unspecified atom stereocenters. The maximum absolute atomic E-state index is 12.4. The summed E-state index contributed by atoms with van der Waals surface area (Å²) < 4.78 is 39.2. The molecule has 0 saturated heterocycles. The molecule has 35 heavy (non-hydrogen) atoms. The van der Waals surface area contributed by atoms with Crippen molar-refractivity contribution in [2.75, 3.05) is 12.9 Å². The van der Waals surface area contributed by atoms with E-state index in [4.69, 9.17) is 19.7 Å². The summed E-state index contributed by atoms with van der Waals surface area (Å²) in [5.41, 5.74) is 2.09. The molecule has 1 heterocycles. The smallest absolute Gasteiger partial charge is 0.434 e. The Labute approximate surface area is 208 Å². The fraction of sp³-hybridized carbons (Fsp3) is 0.292. The number of nitrogens with zero attached hydrogens (tertiary/aromatic N) is 3. The molecule has 0 amide bonds. The normalized spacial score (nSPS) is 13.2. The van der Waals surface area contributed by atoms with Crippen molar-refractivity contribution in [3.05, 3.63) is 59.9 Å². The number of carbonyl (C=O) groups is 1. The van der Waals surface area contributed by atoms with Crippen molar-refractivity contribution in [3.63, 3.8) is 0 Å². The maximum Gasteiger partial charge on any atom is 0.515 e. The summed E-state index contributed by atoms with van der Waals surface area (Å²) in [5, 5.41) is 9.43. The Morgan fingerprint density at radius 1 is 1.23 bits per heavy atom. The highest BCUT2D eigenvalue weighted by atomic mass is 32.2. The SMILES string of the molecule is CCOC(=O)Oc1c(SC)nc(C2CC2)n1Cc1ccc(-c2ccccc2S(=O)(=O)NC#N)cc1. The second-order valence-electron chi connectivity index (χ2n) is 7.84. The fourth-order valence-electron chi connectivity index (χ4n) is 3.72. The van der Waals surface area contributed by atoms with Gasteiger partial charge in [-0.15, -0.1) is 11.8 Å². The van der Waals surface area contributed by atoms with Gasteiger partial charge in [-0.1, -0.05) is 42.5 Å². The van der Waals surface area contributed by atoms with Crippen molar-refractivity contribution in [1.29, 1.82) is 5.26 Å². The number of thioether (sulfide) groups is 1. The number of benzene rings is 2. The van der Waals surface area contributed by atoms with Crippen LogP contribution in [0.15, 0.2) is 58.5 Å². The van der Waals surface area contributed by atoms with Gasteiger partial charge in [-0.05, 0) is 43.2 Å². The molecule has 1 aliphatic carbocycles. The lowest BCUT2D eigenvalue weighted by Crippen LogP contribution is -2.18. The molecule has 0 radical (unpaired) electrons. The number of sulfonamides is 1. The Balaban J connectivity index is 1.66. The molecule has 0 spiro atoms. The monoisotopic (exact) mass is 512 g/mol. The van der Waals surface area contributed by atoms with Gasteiger partial charge in [0.15, 0.2) is 11.2 Å². The van der Waals surface area contributed by atoms with E-state index in [9.17, 15) is 13.2 Å². The van der Waals surface area contributed by atoms with Gasteiger partial charge in [-0.25, -0.2) is 22.9 Å². The number of ether oxygens (including phenoxy) is 2. The lowest BCUT2D eigenvalue weighted by atomic mass is 10.0. The van der Waals surface area contributed by atoms with E-state index in [-0.39, 0.29) is 11.5 Å². The number of imidazole rings is 1. The van der Waals surface area contributed by atoms with Gasteiger partial charge >= 0.3 is 6.16 Å². The number of hydrogen-bond acceptors (Lipinski definition) is 8. The summed E-state index contributed by atoms with van der Waals surface area (Å²) in [6.07, 6.45) is 4.65. The first-order valence-corrected chi connectivity index (χ1v) is 13.7. The highest BCUT2D eigenvalue weighted by molar-refractivity contribution is 7.98. The summed E-state index contributed by atoms with van der Waals surface area (Å²) in [5.74, 6) is 1.56. The minimum Gasteiger partial charge on any atom is -0.434 e. The predicted molar refractivity (Wildman–Crippen MR) is 131 cm³/mol. The van der Waals surface area contributed by atoms with Gasteiger partial charge in [0, 0.05) is 11.5 Å². The average molecular weight is 513 g/mol. The molecule has 1 aliphatic rings. The van der Waals surface area contributed by atoms with E-state index in [1.54, 1.807) is 25.1 Å². The molecule has 0 atom stereocenters. The number of aromatic nitrogens is 2. The highest BCUT2D eigenvalue weighted by Gasteiger charge is 2.33. The third-order valence-electron chi connectivity index (χ3n) is 5.46. The lowest BCUT2D eigenvalue weighted by molar-refractivity contribution is 0.0998. The summed E-state index contributed by atoms with van der Waals surface area (Å²) in [7, 11) is -3.96. The molecule has 9 nitrogen and oxygen atoms in total. The van der Waals surface area contributed by atoms with Crippen molar-refractivity contribution in [2.24, 2.45) is 0 Å². The Morgan fingerprint density at radius 3 is 2.57 bits per heavy atom. The number of hydrogen-bond donors (Lipinski definition) is 1. The molecule has 3 aromatic rings. The molecule has 2 aromatic carbocycles. The van der Waals surface area contributed by atoms with Gasteiger partial charge in [0.25, 0.3) is 10.0 Å². The Kier molecular flexibility index (Phi) is 7.33. The van der Waals surface area contributed by atoms with Crippen LogP contribution in [0.5, 0.6) is 5.88 Å². The van der Waals surface area contributed by atoms with E-state index in [1.165, 1.54) is 24.0 Å². The van der Waals surface area contributed by atoms with E-state index in [2.05, 4.69) is 0 Å². The molecule has 1 aromatic heterocycles. The van der Waals surface area contributed by atoms with E-state index in [0.29, 0.717) is 34.5 Å². The molecular weight excluding hydrogens is 488 g/mol. The van der Waals surface area contributed by atoms with Crippen LogP contribution >= 0.6 is 11.8 Å². The number of rotatable bonds is 9. The molecule has 0 bridgehead atoms. The van der Waals surface area contributed by atoms with Crippen LogP contribution in [-0.2, 0) is 21.3 Å². The van der Waals surface area contributed by atoms with Crippen LogP contribution in [0.3, 0.4) is 0 Å². The zero-order valence-corrected chi connectivity index (χ0v) is 20.9. The minimum absolute atomic E-state index is 0.0228. The third kappa shape index (κ3) is 5.44. The first-order valence-electron chi connectivity index (χ1n) is 11.0. The standard InChI is InChI=1S/C24H24N4O5S2/c1-3-32-24(29)33-23-22(34-2)27-21(18-12-13-18)28(23)14-16-8-10-17(11-9-16)19-6-4-5-7-20(19)35(30,31)26-15-25/h4-11,18,26H,3,12-14H2,1-2H3. The van der Waals surface area contributed by atoms with Crippen molar-refractivity contribution < 1.29 is 22.7 Å². The van der Waals surface area contributed by atoms with Gasteiger partial charge in [-0.2, -0.15) is 5.26 Å². The van der Waals surface area contributed by atoms with Gasteiger partial charge in [0.2, 0.25) is 5.88 Å². The van der Waals surface area contributed by atoms with Gasteiger partial charge in [0.1, 0.15) is 5.82 Å². The molecule has 182 valence electrons. The Hall–Kier alpha value is -3.49. The fourth-order valence-corrected chi connectivity index (χ4v) is 5.20. The van der Waals surface area contributed by atoms with Crippen LogP contribution in [0.1, 0.15) is 37.1 Å². The van der Waals surface area contributed by atoms with Crippen LogP contribution in [0.4, 0.5) is 4.79 Å². The van der Waals surface area contributed by atoms with E-state index >= 15 is 0 Å². The molecular formula is C24H24N4O5S2. The van der Waals surface area contributed by atoms with Crippen LogP contribution in [0.25, 0.3) is 11.1 Å². The molecule has 4 rings (SSSR count). The predicted octanol–water partition coefficient (Wildman–Crippen LogP) is 4.49. The number of carbonyl (C=O) groups excluding carboxylic acids is 1. The summed E-state index contributed by atoms with van der Waals surface area (Å²) >= 11 is 1.40. The van der Waals surface area contributed by atoms with Crippen LogP contribution in [0, 0.1) is 11.5 Å². The van der Waals surface area contributed by atoms with Crippen LogP contribution < -0.4 is 9.46 Å². The molecule has 1 fully saturated rings. The van der Waals surface area contributed by atoms with Crippen molar-refractivity contribution in [3.8, 4) is 23.2 Å². The third-order valence-corrected chi connectivity index (χ3v) is 7.41. The van der Waals surface area contributed by atoms with Crippen molar-refractivity contribution >= 4 is 27.9 Å². The average Bonchev–Trinajstić information content (AvgIpc) is 3.64. The largest absolute Gasteiger partial charge is 0.515 e. The van der Waals surface area contributed by atoms with Gasteiger partial charge in [0.05, 0.1) is 18.0 Å². The lowest BCUT2D eigenvalue weighted by Gasteiger charge is -2.13. The van der Waals surface area contributed by atoms with Gasteiger partial charge < -0.3 is 9.47 Å². The highest BCUT2D eigenvalue weighted by Crippen LogP contribution is 2.43. The molecule has 11 heteroatoms. The van der Waals surface area contributed by atoms with Crippen LogP contribution in [-0.4, -0.2) is 37.0 Å². The second-order valence-corrected chi connectivity index (χ2v) is 10.3. The van der Waals surface area contributed by atoms with E-state index in [1.807, 2.05) is 39.8 Å². The molecule has 1 saturated carbocycles. The zero-order chi connectivity index (χ0) is 25.0. The topological polar surface area (TPSA) is 123 Å². The first-order chi connectivity index (χ1) is 16.9. The molecule has 1 N–H and O–H groups in total.